The Morgan fingerprint density at radius 2 is 2.00 bits per heavy atom. The first-order valence-corrected chi connectivity index (χ1v) is 7.48. The third-order valence-corrected chi connectivity index (χ3v) is 3.54. The number of aliphatic hydroxyl groups excluding tert-OH is 1. The van der Waals surface area contributed by atoms with Gasteiger partial charge < -0.3 is 20.2 Å². The number of nitrogens with zero attached hydrogens (tertiary/aromatic N) is 1. The van der Waals surface area contributed by atoms with Gasteiger partial charge >= 0.3 is 6.03 Å². The minimum absolute atomic E-state index is 0.354. The molecule has 1 heterocycles. The molecule has 25 heavy (non-hydrogen) atoms. The fourth-order valence-corrected chi connectivity index (χ4v) is 2.41. The summed E-state index contributed by atoms with van der Waals surface area (Å²) in [7, 11) is 0. The van der Waals surface area contributed by atoms with Crippen LogP contribution in [0.4, 0.5) is 19.3 Å². The van der Waals surface area contributed by atoms with E-state index in [2.05, 4.69) is 15.6 Å². The molecule has 2 aromatic carbocycles. The van der Waals surface area contributed by atoms with Crippen molar-refractivity contribution in [3.05, 3.63) is 59.5 Å². The summed E-state index contributed by atoms with van der Waals surface area (Å²) in [4.78, 5) is 16.0. The van der Waals surface area contributed by atoms with Gasteiger partial charge in [0.1, 0.15) is 23.3 Å². The molecule has 6 nitrogen and oxygen atoms in total. The minimum atomic E-state index is -1.51. The highest BCUT2D eigenvalue weighted by molar-refractivity contribution is 5.91. The van der Waals surface area contributed by atoms with Crippen molar-refractivity contribution in [2.45, 2.75) is 13.0 Å². The topological polar surface area (TPSA) is 87.4 Å². The van der Waals surface area contributed by atoms with E-state index >= 15 is 0 Å². The molecule has 1 unspecified atom stereocenters. The molecule has 0 saturated carbocycles. The van der Waals surface area contributed by atoms with Gasteiger partial charge in [-0.15, -0.1) is 0 Å². The van der Waals surface area contributed by atoms with Gasteiger partial charge in [0.2, 0.25) is 0 Å². The van der Waals surface area contributed by atoms with Gasteiger partial charge in [-0.3, -0.25) is 0 Å². The summed E-state index contributed by atoms with van der Waals surface area (Å²) in [6.45, 7) is 1.36. The number of aliphatic hydroxyl groups is 1. The van der Waals surface area contributed by atoms with E-state index in [1.165, 1.54) is 6.07 Å². The Morgan fingerprint density at radius 3 is 2.72 bits per heavy atom. The molecule has 8 heteroatoms. The summed E-state index contributed by atoms with van der Waals surface area (Å²) in [5, 5.41) is 14.8. The first-order valence-electron chi connectivity index (χ1n) is 7.48. The number of hydrogen-bond donors (Lipinski definition) is 3. The van der Waals surface area contributed by atoms with Crippen molar-refractivity contribution < 1.29 is 23.1 Å². The normalized spacial score (nSPS) is 12.2. The van der Waals surface area contributed by atoms with Gasteiger partial charge in [-0.25, -0.2) is 18.6 Å². The maximum absolute atomic E-state index is 13.6. The zero-order valence-electron chi connectivity index (χ0n) is 13.2. The van der Waals surface area contributed by atoms with E-state index < -0.39 is 29.3 Å². The predicted octanol–water partition coefficient (Wildman–Crippen LogP) is 3.27. The van der Waals surface area contributed by atoms with Crippen molar-refractivity contribution >= 4 is 22.8 Å². The number of fused-ring (bicyclic) bond motifs is 1. The van der Waals surface area contributed by atoms with Crippen LogP contribution < -0.4 is 10.6 Å². The fourth-order valence-electron chi connectivity index (χ4n) is 2.41. The van der Waals surface area contributed by atoms with Crippen LogP contribution in [-0.4, -0.2) is 22.7 Å². The highest BCUT2D eigenvalue weighted by Gasteiger charge is 2.18. The second kappa shape index (κ2) is 6.86. The van der Waals surface area contributed by atoms with Crippen molar-refractivity contribution in [1.29, 1.82) is 0 Å². The van der Waals surface area contributed by atoms with Crippen LogP contribution in [0.5, 0.6) is 0 Å². The Bertz CT molecular complexity index is 906. The molecule has 2 amide bonds. The molecule has 0 fully saturated rings. The smallest absolute Gasteiger partial charge is 0.319 e. The van der Waals surface area contributed by atoms with Crippen LogP contribution in [0.1, 0.15) is 17.6 Å². The van der Waals surface area contributed by atoms with Crippen LogP contribution in [0.3, 0.4) is 0 Å². The zero-order valence-corrected chi connectivity index (χ0v) is 13.2. The second-order valence-corrected chi connectivity index (χ2v) is 5.40. The number of carbonyl (C=O) groups excluding carboxylic acids is 1. The van der Waals surface area contributed by atoms with Crippen molar-refractivity contribution in [2.24, 2.45) is 0 Å². The molecular weight excluding hydrogens is 332 g/mol. The lowest BCUT2D eigenvalue weighted by Gasteiger charge is -2.14. The van der Waals surface area contributed by atoms with Crippen molar-refractivity contribution in [1.82, 2.24) is 10.3 Å². The lowest BCUT2D eigenvalue weighted by Crippen LogP contribution is -2.32. The van der Waals surface area contributed by atoms with E-state index in [4.69, 9.17) is 4.42 Å². The summed E-state index contributed by atoms with van der Waals surface area (Å²) in [5.74, 6) is -1.24. The average molecular weight is 347 g/mol. The van der Waals surface area contributed by atoms with Crippen LogP contribution >= 0.6 is 0 Å². The number of benzene rings is 2. The van der Waals surface area contributed by atoms with Crippen molar-refractivity contribution in [2.75, 3.05) is 11.9 Å². The quantitative estimate of drug-likeness (QED) is 0.676. The molecule has 3 N–H and O–H groups in total. The molecule has 3 aromatic rings. The number of anilines is 1. The van der Waals surface area contributed by atoms with Gasteiger partial charge in [0.25, 0.3) is 0 Å². The van der Waals surface area contributed by atoms with Crippen LogP contribution in [0.2, 0.25) is 0 Å². The number of carbonyl (C=O) groups is 1. The Hall–Kier alpha value is -3.00. The molecular formula is C17H15F2N3O3. The summed E-state index contributed by atoms with van der Waals surface area (Å²) in [5.41, 5.74) is 1.15. The van der Waals surface area contributed by atoms with Crippen LogP contribution in [-0.2, 0) is 0 Å². The monoisotopic (exact) mass is 347 g/mol. The molecule has 0 aliphatic rings. The van der Waals surface area contributed by atoms with E-state index in [0.717, 1.165) is 12.1 Å². The molecule has 0 spiro atoms. The lowest BCUT2D eigenvalue weighted by molar-refractivity contribution is 0.166. The molecule has 1 atom stereocenters. The van der Waals surface area contributed by atoms with Gasteiger partial charge in [0.15, 0.2) is 11.5 Å². The second-order valence-electron chi connectivity index (χ2n) is 5.40. The molecule has 1 aromatic heterocycles. The number of nitrogens with one attached hydrogen (secondary N) is 2. The van der Waals surface area contributed by atoms with Gasteiger partial charge in [-0.1, -0.05) is 6.07 Å². The summed E-state index contributed by atoms with van der Waals surface area (Å²) in [6, 6.07) is 7.56. The van der Waals surface area contributed by atoms with Crippen LogP contribution in [0.25, 0.3) is 11.1 Å². The van der Waals surface area contributed by atoms with Crippen LogP contribution in [0.15, 0.2) is 40.8 Å². The highest BCUT2D eigenvalue weighted by atomic mass is 19.1. The maximum atomic E-state index is 13.6. The lowest BCUT2D eigenvalue weighted by atomic mass is 10.1. The molecule has 0 saturated heterocycles. The number of aryl methyl sites for hydroxylation is 1. The number of aromatic nitrogens is 1. The SMILES string of the molecule is Cc1nc2ccc(NC(=O)NCC(O)c3c(F)cccc3F)cc2o1. The van der Waals surface area contributed by atoms with E-state index in [9.17, 15) is 18.7 Å². The third kappa shape index (κ3) is 3.74. The fraction of sp³-hybridized carbons (Fsp3) is 0.176. The number of rotatable bonds is 4. The molecule has 0 bridgehead atoms. The molecule has 130 valence electrons. The molecule has 0 aliphatic heterocycles. The number of oxazole rings is 1. The Balaban J connectivity index is 1.62. The molecule has 3 rings (SSSR count). The standard InChI is InChI=1S/C17H15F2N3O3/c1-9-21-13-6-5-10(7-15(13)25-9)22-17(24)20-8-14(23)16-11(18)3-2-4-12(16)19/h2-7,14,23H,8H2,1H3,(H2,20,22,24). The number of amides is 2. The first-order chi connectivity index (χ1) is 11.9. The molecule has 0 aliphatic carbocycles. The van der Waals surface area contributed by atoms with Gasteiger partial charge in [-0.2, -0.15) is 0 Å². The summed E-state index contributed by atoms with van der Waals surface area (Å²) >= 11 is 0. The largest absolute Gasteiger partial charge is 0.441 e. The zero-order chi connectivity index (χ0) is 18.0. The van der Waals surface area contributed by atoms with Gasteiger partial charge in [0.05, 0.1) is 5.56 Å². The van der Waals surface area contributed by atoms with E-state index in [-0.39, 0.29) is 6.54 Å². The molecule has 0 radical (unpaired) electrons. The third-order valence-electron chi connectivity index (χ3n) is 3.54. The first kappa shape index (κ1) is 16.8. The Labute approximate surface area is 141 Å². The van der Waals surface area contributed by atoms with E-state index in [1.807, 2.05) is 0 Å². The van der Waals surface area contributed by atoms with Gasteiger partial charge in [-0.05, 0) is 24.3 Å². The van der Waals surface area contributed by atoms with Crippen molar-refractivity contribution in [3.8, 4) is 0 Å². The van der Waals surface area contributed by atoms with Crippen molar-refractivity contribution in [3.63, 3.8) is 0 Å². The van der Waals surface area contributed by atoms with Crippen LogP contribution in [0, 0.1) is 18.6 Å². The highest BCUT2D eigenvalue weighted by Crippen LogP contribution is 2.21. The predicted molar refractivity (Wildman–Crippen MR) is 87.1 cm³/mol. The maximum Gasteiger partial charge on any atom is 0.319 e. The summed E-state index contributed by atoms with van der Waals surface area (Å²) in [6.07, 6.45) is -1.51. The number of urea groups is 1. The summed E-state index contributed by atoms with van der Waals surface area (Å²) < 4.78 is 32.5. The van der Waals surface area contributed by atoms with E-state index in [1.54, 1.807) is 25.1 Å². The number of halogens is 2. The van der Waals surface area contributed by atoms with Gasteiger partial charge in [0, 0.05) is 25.2 Å². The minimum Gasteiger partial charge on any atom is -0.441 e. The number of hydrogen-bond acceptors (Lipinski definition) is 4. The Kier molecular flexibility index (Phi) is 4.62. The Morgan fingerprint density at radius 1 is 1.28 bits per heavy atom. The average Bonchev–Trinajstić information content (AvgIpc) is 2.92. The van der Waals surface area contributed by atoms with E-state index in [0.29, 0.717) is 22.7 Å².